The minimum absolute atomic E-state index is 0.200. The summed E-state index contributed by atoms with van der Waals surface area (Å²) in [5.74, 6) is 0.395. The zero-order valence-corrected chi connectivity index (χ0v) is 12.4. The maximum Gasteiger partial charge on any atom is 0.131 e. The summed E-state index contributed by atoms with van der Waals surface area (Å²) in [4.78, 5) is 0. The third-order valence-electron chi connectivity index (χ3n) is 3.51. The van der Waals surface area contributed by atoms with Gasteiger partial charge >= 0.3 is 0 Å². The molecule has 0 aliphatic carbocycles. The summed E-state index contributed by atoms with van der Waals surface area (Å²) in [5.41, 5.74) is 9.66. The number of benzene rings is 2. The van der Waals surface area contributed by atoms with Crippen molar-refractivity contribution in [1.82, 2.24) is 0 Å². The predicted molar refractivity (Wildman–Crippen MR) is 82.2 cm³/mol. The summed E-state index contributed by atoms with van der Waals surface area (Å²) in [6, 6.07) is 13.1. The van der Waals surface area contributed by atoms with Gasteiger partial charge in [-0.25, -0.2) is 4.39 Å². The van der Waals surface area contributed by atoms with Crippen LogP contribution in [-0.2, 0) is 6.42 Å². The summed E-state index contributed by atoms with van der Waals surface area (Å²) in [6.45, 7) is 6.14. The van der Waals surface area contributed by atoms with Gasteiger partial charge in [0.25, 0.3) is 0 Å². The van der Waals surface area contributed by atoms with Crippen molar-refractivity contribution < 1.29 is 4.39 Å². The van der Waals surface area contributed by atoms with Crippen molar-refractivity contribution in [2.75, 3.05) is 0 Å². The highest BCUT2D eigenvalue weighted by Crippen LogP contribution is 2.25. The predicted octanol–water partition coefficient (Wildman–Crippen LogP) is 4.38. The monoisotopic (exact) mass is 271 g/mol. The van der Waals surface area contributed by atoms with Gasteiger partial charge in [-0.2, -0.15) is 0 Å². The molecule has 1 nitrogen and oxygen atoms in total. The van der Waals surface area contributed by atoms with E-state index in [-0.39, 0.29) is 5.82 Å². The van der Waals surface area contributed by atoms with E-state index in [9.17, 15) is 4.39 Å². The molecule has 1 atom stereocenters. The third-order valence-corrected chi connectivity index (χ3v) is 3.51. The molecule has 0 radical (unpaired) electrons. The van der Waals surface area contributed by atoms with Crippen molar-refractivity contribution in [2.24, 2.45) is 11.7 Å². The molecule has 106 valence electrons. The number of hydrogen-bond donors (Lipinski definition) is 1. The van der Waals surface area contributed by atoms with Gasteiger partial charge in [-0.1, -0.05) is 56.3 Å². The first-order valence-electron chi connectivity index (χ1n) is 7.08. The molecule has 0 saturated heterocycles. The van der Waals surface area contributed by atoms with Gasteiger partial charge in [0.15, 0.2) is 0 Å². The van der Waals surface area contributed by atoms with Gasteiger partial charge in [0, 0.05) is 5.56 Å². The van der Waals surface area contributed by atoms with Gasteiger partial charge in [0.1, 0.15) is 5.82 Å². The topological polar surface area (TPSA) is 26.0 Å². The molecule has 2 heteroatoms. The number of aryl methyl sites for hydroxylation is 1. The molecule has 2 aromatic rings. The van der Waals surface area contributed by atoms with E-state index in [1.807, 2.05) is 18.2 Å². The van der Waals surface area contributed by atoms with Gasteiger partial charge < -0.3 is 5.73 Å². The van der Waals surface area contributed by atoms with Gasteiger partial charge in [0.05, 0.1) is 6.04 Å². The Morgan fingerprint density at radius 2 is 1.80 bits per heavy atom. The van der Waals surface area contributed by atoms with E-state index in [1.165, 1.54) is 5.56 Å². The van der Waals surface area contributed by atoms with E-state index >= 15 is 0 Å². The maximum absolute atomic E-state index is 14.2. The molecule has 2 rings (SSSR count). The first-order valence-corrected chi connectivity index (χ1v) is 7.08. The Morgan fingerprint density at radius 1 is 1.10 bits per heavy atom. The number of nitrogens with two attached hydrogens (primary N) is 1. The smallest absolute Gasteiger partial charge is 0.131 e. The Kier molecular flexibility index (Phi) is 4.56. The Labute approximate surface area is 120 Å². The fraction of sp³-hybridized carbons (Fsp3) is 0.333. The molecular formula is C18H22FN. The van der Waals surface area contributed by atoms with E-state index in [1.54, 1.807) is 19.1 Å². The van der Waals surface area contributed by atoms with Crippen LogP contribution >= 0.6 is 0 Å². The molecule has 0 heterocycles. The highest BCUT2D eigenvalue weighted by molar-refractivity contribution is 5.36. The second-order valence-electron chi connectivity index (χ2n) is 5.80. The van der Waals surface area contributed by atoms with Crippen LogP contribution in [0.4, 0.5) is 4.39 Å². The number of hydrogen-bond acceptors (Lipinski definition) is 1. The lowest BCUT2D eigenvalue weighted by Gasteiger charge is -2.16. The molecule has 2 aromatic carbocycles. The van der Waals surface area contributed by atoms with E-state index in [2.05, 4.69) is 26.0 Å². The Hall–Kier alpha value is -1.67. The van der Waals surface area contributed by atoms with Crippen molar-refractivity contribution >= 4 is 0 Å². The molecule has 0 aliphatic rings. The summed E-state index contributed by atoms with van der Waals surface area (Å²) in [7, 11) is 0. The Morgan fingerprint density at radius 3 is 2.50 bits per heavy atom. The zero-order valence-electron chi connectivity index (χ0n) is 12.4. The standard InChI is InChI=1S/C18H22FN/c1-12(2)10-14-7-5-8-15(11-14)18(20)16-9-4-6-13(3)17(16)19/h4-9,11-12,18H,10,20H2,1-3H3. The molecule has 0 amide bonds. The van der Waals surface area contributed by atoms with Crippen LogP contribution in [0, 0.1) is 18.7 Å². The van der Waals surface area contributed by atoms with Crippen molar-refractivity contribution in [3.05, 3.63) is 70.5 Å². The van der Waals surface area contributed by atoms with Crippen LogP contribution < -0.4 is 5.73 Å². The van der Waals surface area contributed by atoms with Crippen LogP contribution in [0.25, 0.3) is 0 Å². The normalized spacial score (nSPS) is 12.7. The van der Waals surface area contributed by atoms with Crippen LogP contribution in [0.15, 0.2) is 42.5 Å². The van der Waals surface area contributed by atoms with Crippen molar-refractivity contribution in [1.29, 1.82) is 0 Å². The fourth-order valence-electron chi connectivity index (χ4n) is 2.47. The highest BCUT2D eigenvalue weighted by atomic mass is 19.1. The molecule has 0 aliphatic heterocycles. The largest absolute Gasteiger partial charge is 0.320 e. The van der Waals surface area contributed by atoms with Crippen molar-refractivity contribution in [3.8, 4) is 0 Å². The first-order chi connectivity index (χ1) is 9.49. The second kappa shape index (κ2) is 6.19. The minimum Gasteiger partial charge on any atom is -0.320 e. The molecule has 0 bridgehead atoms. The summed E-state index contributed by atoms with van der Waals surface area (Å²) in [5, 5.41) is 0. The molecule has 2 N–H and O–H groups in total. The van der Waals surface area contributed by atoms with Gasteiger partial charge in [-0.3, -0.25) is 0 Å². The van der Waals surface area contributed by atoms with Gasteiger partial charge in [-0.05, 0) is 36.0 Å². The molecule has 0 aromatic heterocycles. The average molecular weight is 271 g/mol. The minimum atomic E-state index is -0.415. The summed E-state index contributed by atoms with van der Waals surface area (Å²) >= 11 is 0. The van der Waals surface area contributed by atoms with E-state index in [0.29, 0.717) is 17.0 Å². The fourth-order valence-corrected chi connectivity index (χ4v) is 2.47. The van der Waals surface area contributed by atoms with Crippen LogP contribution in [-0.4, -0.2) is 0 Å². The molecule has 20 heavy (non-hydrogen) atoms. The molecule has 1 unspecified atom stereocenters. The molecular weight excluding hydrogens is 249 g/mol. The SMILES string of the molecule is Cc1cccc(C(N)c2cccc(CC(C)C)c2)c1F. The average Bonchev–Trinajstić information content (AvgIpc) is 2.41. The molecule has 0 fully saturated rings. The van der Waals surface area contributed by atoms with Crippen LogP contribution in [0.2, 0.25) is 0 Å². The Balaban J connectivity index is 2.33. The van der Waals surface area contributed by atoms with Crippen LogP contribution in [0.1, 0.15) is 42.1 Å². The van der Waals surface area contributed by atoms with E-state index in [4.69, 9.17) is 5.73 Å². The van der Waals surface area contributed by atoms with Crippen molar-refractivity contribution in [3.63, 3.8) is 0 Å². The second-order valence-corrected chi connectivity index (χ2v) is 5.80. The molecule has 0 spiro atoms. The van der Waals surface area contributed by atoms with Crippen LogP contribution in [0.5, 0.6) is 0 Å². The zero-order chi connectivity index (χ0) is 14.7. The van der Waals surface area contributed by atoms with Gasteiger partial charge in [0.2, 0.25) is 0 Å². The van der Waals surface area contributed by atoms with Crippen molar-refractivity contribution in [2.45, 2.75) is 33.2 Å². The van der Waals surface area contributed by atoms with E-state index < -0.39 is 6.04 Å². The Bertz CT molecular complexity index is 590. The van der Waals surface area contributed by atoms with E-state index in [0.717, 1.165) is 12.0 Å². The maximum atomic E-state index is 14.2. The summed E-state index contributed by atoms with van der Waals surface area (Å²) in [6.07, 6.45) is 1.01. The molecule has 0 saturated carbocycles. The highest BCUT2D eigenvalue weighted by Gasteiger charge is 2.15. The number of rotatable bonds is 4. The lowest BCUT2D eigenvalue weighted by molar-refractivity contribution is 0.590. The van der Waals surface area contributed by atoms with Gasteiger partial charge in [-0.15, -0.1) is 0 Å². The lowest BCUT2D eigenvalue weighted by atomic mass is 9.94. The summed E-state index contributed by atoms with van der Waals surface area (Å²) < 4.78 is 14.2. The van der Waals surface area contributed by atoms with Crippen LogP contribution in [0.3, 0.4) is 0 Å². The lowest BCUT2D eigenvalue weighted by Crippen LogP contribution is -2.14. The quantitative estimate of drug-likeness (QED) is 0.877. The first kappa shape index (κ1) is 14.7. The third kappa shape index (κ3) is 3.26. The number of halogens is 1.